The second-order valence-electron chi connectivity index (χ2n) is 10.8. The molecule has 0 unspecified atom stereocenters. The van der Waals surface area contributed by atoms with Gasteiger partial charge in [0.05, 0.1) is 5.69 Å². The minimum Gasteiger partial charge on any atom is -0.352 e. The third kappa shape index (κ3) is 5.45. The van der Waals surface area contributed by atoms with Crippen LogP contribution in [0.1, 0.15) is 73.4 Å². The number of hydrogen-bond acceptors (Lipinski definition) is 3. The summed E-state index contributed by atoms with van der Waals surface area (Å²) in [4.78, 5) is 43.4. The van der Waals surface area contributed by atoms with E-state index in [4.69, 9.17) is 0 Å². The van der Waals surface area contributed by atoms with E-state index in [1.54, 1.807) is 9.80 Å². The Labute approximate surface area is 225 Å². The van der Waals surface area contributed by atoms with Crippen LogP contribution in [-0.4, -0.2) is 41.2 Å². The van der Waals surface area contributed by atoms with Crippen molar-refractivity contribution in [3.05, 3.63) is 77.4 Å². The SMILES string of the molecule is Cc1cccc(CN(C(=O)CCCN2C(=O)c3cccc4cccc2c34)[C@H](C)C(=O)NC2CCCCC2)c1. The highest BCUT2D eigenvalue weighted by atomic mass is 16.2. The second kappa shape index (κ2) is 11.4. The van der Waals surface area contributed by atoms with Crippen LogP contribution in [0.2, 0.25) is 0 Å². The van der Waals surface area contributed by atoms with Crippen molar-refractivity contribution in [2.24, 2.45) is 0 Å². The molecule has 3 amide bonds. The molecule has 1 heterocycles. The summed E-state index contributed by atoms with van der Waals surface area (Å²) >= 11 is 0. The van der Waals surface area contributed by atoms with Gasteiger partial charge in [0.1, 0.15) is 6.04 Å². The van der Waals surface area contributed by atoms with Gasteiger partial charge in [0.15, 0.2) is 0 Å². The average Bonchev–Trinajstić information content (AvgIpc) is 3.20. The Kier molecular flexibility index (Phi) is 7.77. The normalized spacial score (nSPS) is 16.1. The topological polar surface area (TPSA) is 69.7 Å². The van der Waals surface area contributed by atoms with E-state index in [0.717, 1.165) is 58.8 Å². The minimum atomic E-state index is -0.573. The first kappa shape index (κ1) is 26.0. The number of carbonyl (C=O) groups is 3. The van der Waals surface area contributed by atoms with Gasteiger partial charge in [-0.1, -0.05) is 73.4 Å². The van der Waals surface area contributed by atoms with Gasteiger partial charge in [-0.2, -0.15) is 0 Å². The van der Waals surface area contributed by atoms with Gasteiger partial charge < -0.3 is 15.1 Å². The van der Waals surface area contributed by atoms with Crippen LogP contribution < -0.4 is 10.2 Å². The Morgan fingerprint density at radius 3 is 2.53 bits per heavy atom. The molecule has 198 valence electrons. The summed E-state index contributed by atoms with van der Waals surface area (Å²) in [6.45, 7) is 4.69. The summed E-state index contributed by atoms with van der Waals surface area (Å²) in [5.74, 6) is -0.170. The molecule has 0 radical (unpaired) electrons. The number of amides is 3. The first-order valence-corrected chi connectivity index (χ1v) is 13.9. The van der Waals surface area contributed by atoms with Crippen molar-refractivity contribution in [1.29, 1.82) is 0 Å². The maximum atomic E-state index is 13.6. The molecular weight excluding hydrogens is 474 g/mol. The van der Waals surface area contributed by atoms with Crippen LogP contribution in [0, 0.1) is 6.92 Å². The molecule has 6 nitrogen and oxygen atoms in total. The molecule has 1 aliphatic heterocycles. The van der Waals surface area contributed by atoms with Gasteiger partial charge in [-0.15, -0.1) is 0 Å². The third-order valence-electron chi connectivity index (χ3n) is 7.98. The van der Waals surface area contributed by atoms with Crippen molar-refractivity contribution in [2.75, 3.05) is 11.4 Å². The van der Waals surface area contributed by atoms with Crippen LogP contribution >= 0.6 is 0 Å². The third-order valence-corrected chi connectivity index (χ3v) is 7.98. The molecule has 0 bridgehead atoms. The van der Waals surface area contributed by atoms with E-state index in [1.807, 2.05) is 68.4 Å². The zero-order chi connectivity index (χ0) is 26.6. The molecule has 3 aromatic rings. The van der Waals surface area contributed by atoms with Crippen LogP contribution in [0.5, 0.6) is 0 Å². The number of nitrogens with one attached hydrogen (secondary N) is 1. The van der Waals surface area contributed by atoms with Crippen LogP contribution in [0.4, 0.5) is 5.69 Å². The van der Waals surface area contributed by atoms with Gasteiger partial charge in [0.25, 0.3) is 5.91 Å². The van der Waals surface area contributed by atoms with Gasteiger partial charge in [0, 0.05) is 36.5 Å². The van der Waals surface area contributed by atoms with E-state index < -0.39 is 6.04 Å². The number of carbonyl (C=O) groups excluding carboxylic acids is 3. The molecule has 1 N–H and O–H groups in total. The number of benzene rings is 3. The number of anilines is 1. The number of aryl methyl sites for hydroxylation is 1. The Balaban J connectivity index is 1.27. The van der Waals surface area contributed by atoms with E-state index in [2.05, 4.69) is 11.4 Å². The number of hydrogen-bond donors (Lipinski definition) is 1. The molecule has 38 heavy (non-hydrogen) atoms. The monoisotopic (exact) mass is 511 g/mol. The molecule has 3 aromatic carbocycles. The first-order chi connectivity index (χ1) is 18.4. The van der Waals surface area contributed by atoms with Gasteiger partial charge in [-0.3, -0.25) is 14.4 Å². The van der Waals surface area contributed by atoms with Gasteiger partial charge in [-0.25, -0.2) is 0 Å². The summed E-state index contributed by atoms with van der Waals surface area (Å²) in [5, 5.41) is 5.23. The van der Waals surface area contributed by atoms with Crippen LogP contribution in [0.25, 0.3) is 10.8 Å². The highest BCUT2D eigenvalue weighted by Crippen LogP contribution is 2.37. The van der Waals surface area contributed by atoms with Crippen molar-refractivity contribution in [3.63, 3.8) is 0 Å². The molecule has 1 aliphatic carbocycles. The fourth-order valence-electron chi connectivity index (χ4n) is 5.89. The maximum absolute atomic E-state index is 13.6. The van der Waals surface area contributed by atoms with Crippen molar-refractivity contribution in [3.8, 4) is 0 Å². The number of nitrogens with zero attached hydrogens (tertiary/aromatic N) is 2. The Morgan fingerprint density at radius 1 is 1.03 bits per heavy atom. The predicted octanol–water partition coefficient (Wildman–Crippen LogP) is 5.75. The molecular formula is C32H37N3O3. The van der Waals surface area contributed by atoms with E-state index in [0.29, 0.717) is 19.5 Å². The Bertz CT molecular complexity index is 1340. The summed E-state index contributed by atoms with van der Waals surface area (Å²) < 4.78 is 0. The average molecular weight is 512 g/mol. The van der Waals surface area contributed by atoms with E-state index >= 15 is 0 Å². The van der Waals surface area contributed by atoms with Crippen molar-refractivity contribution in [2.45, 2.75) is 77.4 Å². The molecule has 6 heteroatoms. The molecule has 1 fully saturated rings. The molecule has 1 saturated carbocycles. The predicted molar refractivity (Wildman–Crippen MR) is 151 cm³/mol. The molecule has 0 saturated heterocycles. The van der Waals surface area contributed by atoms with Crippen LogP contribution in [0.3, 0.4) is 0 Å². The maximum Gasteiger partial charge on any atom is 0.258 e. The van der Waals surface area contributed by atoms with E-state index in [1.165, 1.54) is 6.42 Å². The summed E-state index contributed by atoms with van der Waals surface area (Å²) in [6, 6.07) is 19.5. The van der Waals surface area contributed by atoms with Crippen molar-refractivity contribution in [1.82, 2.24) is 10.2 Å². The highest BCUT2D eigenvalue weighted by Gasteiger charge is 2.31. The second-order valence-corrected chi connectivity index (χ2v) is 10.8. The smallest absolute Gasteiger partial charge is 0.258 e. The molecule has 5 rings (SSSR count). The van der Waals surface area contributed by atoms with Crippen LogP contribution in [-0.2, 0) is 16.1 Å². The van der Waals surface area contributed by atoms with Gasteiger partial charge >= 0.3 is 0 Å². The largest absolute Gasteiger partial charge is 0.352 e. The molecule has 2 aliphatic rings. The lowest BCUT2D eigenvalue weighted by Gasteiger charge is -2.31. The van der Waals surface area contributed by atoms with Crippen LogP contribution in [0.15, 0.2) is 60.7 Å². The minimum absolute atomic E-state index is 0.0129. The fourth-order valence-corrected chi connectivity index (χ4v) is 5.89. The molecule has 1 atom stereocenters. The quantitative estimate of drug-likeness (QED) is 0.397. The lowest BCUT2D eigenvalue weighted by atomic mass is 9.95. The lowest BCUT2D eigenvalue weighted by Crippen LogP contribution is -2.50. The molecule has 0 aromatic heterocycles. The lowest BCUT2D eigenvalue weighted by molar-refractivity contribution is -0.141. The summed E-state index contributed by atoms with van der Waals surface area (Å²) in [7, 11) is 0. The van der Waals surface area contributed by atoms with Crippen molar-refractivity contribution < 1.29 is 14.4 Å². The Morgan fingerprint density at radius 2 is 1.76 bits per heavy atom. The molecule has 0 spiro atoms. The standard InChI is InChI=1S/C32H37N3O3/c1-22-10-6-11-24(20-22)21-35(23(2)31(37)33-26-14-4-3-5-15-26)29(36)18-9-19-34-28-17-8-13-25-12-7-16-27(30(25)28)32(34)38/h6-8,10-13,16-17,20,23,26H,3-5,9,14-15,18-19,21H2,1-2H3,(H,33,37)/t23-/m1/s1. The zero-order valence-corrected chi connectivity index (χ0v) is 22.4. The van der Waals surface area contributed by atoms with Gasteiger partial charge in [-0.05, 0) is 56.2 Å². The summed E-state index contributed by atoms with van der Waals surface area (Å²) in [5.41, 5.74) is 3.76. The fraction of sp³-hybridized carbons (Fsp3) is 0.406. The summed E-state index contributed by atoms with van der Waals surface area (Å²) in [6.07, 6.45) is 6.29. The number of rotatable bonds is 9. The van der Waals surface area contributed by atoms with E-state index in [9.17, 15) is 14.4 Å². The Hall–Kier alpha value is -3.67. The van der Waals surface area contributed by atoms with Gasteiger partial charge in [0.2, 0.25) is 11.8 Å². The zero-order valence-electron chi connectivity index (χ0n) is 22.4. The highest BCUT2D eigenvalue weighted by molar-refractivity contribution is 6.25. The van der Waals surface area contributed by atoms with Crippen molar-refractivity contribution >= 4 is 34.2 Å². The first-order valence-electron chi connectivity index (χ1n) is 13.9. The van der Waals surface area contributed by atoms with E-state index in [-0.39, 0.29) is 30.2 Å².